The SMILES string of the molecule is COCCNc1ccc(C#N)c(NCCOC)n1. The number of anilines is 2. The monoisotopic (exact) mass is 250 g/mol. The van der Waals surface area contributed by atoms with Crippen LogP contribution in [-0.4, -0.2) is 45.5 Å². The van der Waals surface area contributed by atoms with Crippen LogP contribution in [0, 0.1) is 11.3 Å². The molecule has 0 aliphatic rings. The maximum absolute atomic E-state index is 8.98. The van der Waals surface area contributed by atoms with E-state index >= 15 is 0 Å². The Bertz CT molecular complexity index is 404. The lowest BCUT2D eigenvalue weighted by Crippen LogP contribution is -2.13. The molecule has 0 aliphatic heterocycles. The van der Waals surface area contributed by atoms with Crippen molar-refractivity contribution in [1.82, 2.24) is 4.98 Å². The van der Waals surface area contributed by atoms with Crippen molar-refractivity contribution in [2.75, 3.05) is 51.2 Å². The van der Waals surface area contributed by atoms with Gasteiger partial charge in [0.15, 0.2) is 0 Å². The second-order valence-corrected chi connectivity index (χ2v) is 3.54. The molecule has 0 atom stereocenters. The largest absolute Gasteiger partial charge is 0.383 e. The van der Waals surface area contributed by atoms with Crippen molar-refractivity contribution in [2.24, 2.45) is 0 Å². The molecule has 0 aliphatic carbocycles. The Kier molecular flexibility index (Phi) is 6.54. The van der Waals surface area contributed by atoms with Crippen LogP contribution >= 0.6 is 0 Å². The number of methoxy groups -OCH3 is 2. The number of ether oxygens (including phenoxy) is 2. The molecule has 0 saturated heterocycles. The van der Waals surface area contributed by atoms with Crippen molar-refractivity contribution in [3.63, 3.8) is 0 Å². The molecule has 0 bridgehead atoms. The summed E-state index contributed by atoms with van der Waals surface area (Å²) in [6.45, 7) is 2.45. The van der Waals surface area contributed by atoms with Crippen LogP contribution in [0.2, 0.25) is 0 Å². The number of rotatable bonds is 8. The summed E-state index contributed by atoms with van der Waals surface area (Å²) in [6.07, 6.45) is 0. The summed E-state index contributed by atoms with van der Waals surface area (Å²) in [5, 5.41) is 15.2. The van der Waals surface area contributed by atoms with Gasteiger partial charge in [-0.1, -0.05) is 0 Å². The van der Waals surface area contributed by atoms with Gasteiger partial charge in [-0.05, 0) is 12.1 Å². The van der Waals surface area contributed by atoms with Gasteiger partial charge in [0.25, 0.3) is 0 Å². The Morgan fingerprint density at radius 3 is 2.44 bits per heavy atom. The van der Waals surface area contributed by atoms with Gasteiger partial charge in [-0.3, -0.25) is 0 Å². The van der Waals surface area contributed by atoms with Gasteiger partial charge >= 0.3 is 0 Å². The van der Waals surface area contributed by atoms with Crippen molar-refractivity contribution in [3.05, 3.63) is 17.7 Å². The van der Waals surface area contributed by atoms with E-state index in [1.165, 1.54) is 0 Å². The molecule has 0 aromatic carbocycles. The predicted molar refractivity (Wildman–Crippen MR) is 69.7 cm³/mol. The molecule has 1 rings (SSSR count). The van der Waals surface area contributed by atoms with Crippen LogP contribution in [-0.2, 0) is 9.47 Å². The Balaban J connectivity index is 2.66. The number of nitrogens with zero attached hydrogens (tertiary/aromatic N) is 2. The first-order valence-electron chi connectivity index (χ1n) is 5.68. The fourth-order valence-electron chi connectivity index (χ4n) is 1.34. The minimum atomic E-state index is 0.517. The van der Waals surface area contributed by atoms with E-state index in [2.05, 4.69) is 21.7 Å². The Morgan fingerprint density at radius 2 is 1.83 bits per heavy atom. The number of aromatic nitrogens is 1. The molecule has 0 saturated carbocycles. The lowest BCUT2D eigenvalue weighted by molar-refractivity contribution is 0.210. The number of hydrogen-bond acceptors (Lipinski definition) is 6. The predicted octanol–water partition coefficient (Wildman–Crippen LogP) is 1.07. The summed E-state index contributed by atoms with van der Waals surface area (Å²) in [5.41, 5.74) is 0.517. The smallest absolute Gasteiger partial charge is 0.146 e. The first-order valence-corrected chi connectivity index (χ1v) is 5.68. The summed E-state index contributed by atoms with van der Waals surface area (Å²) >= 11 is 0. The zero-order chi connectivity index (χ0) is 13.2. The van der Waals surface area contributed by atoms with E-state index < -0.39 is 0 Å². The first-order chi connectivity index (χ1) is 8.81. The molecule has 1 aromatic heterocycles. The molecule has 1 heterocycles. The molecular formula is C12H18N4O2. The molecule has 1 aromatic rings. The Labute approximate surface area is 107 Å². The van der Waals surface area contributed by atoms with E-state index in [1.54, 1.807) is 26.4 Å². The maximum atomic E-state index is 8.98. The van der Waals surface area contributed by atoms with Crippen molar-refractivity contribution in [3.8, 4) is 6.07 Å². The third-order valence-electron chi connectivity index (χ3n) is 2.23. The van der Waals surface area contributed by atoms with E-state index in [0.29, 0.717) is 43.5 Å². The molecule has 98 valence electrons. The van der Waals surface area contributed by atoms with Crippen LogP contribution < -0.4 is 10.6 Å². The molecule has 18 heavy (non-hydrogen) atoms. The zero-order valence-corrected chi connectivity index (χ0v) is 10.7. The van der Waals surface area contributed by atoms with Gasteiger partial charge < -0.3 is 20.1 Å². The highest BCUT2D eigenvalue weighted by Crippen LogP contribution is 2.15. The lowest BCUT2D eigenvalue weighted by Gasteiger charge is -2.10. The van der Waals surface area contributed by atoms with Crippen molar-refractivity contribution in [1.29, 1.82) is 5.26 Å². The van der Waals surface area contributed by atoms with Crippen LogP contribution in [0.15, 0.2) is 12.1 Å². The van der Waals surface area contributed by atoms with Crippen LogP contribution in [0.5, 0.6) is 0 Å². The quantitative estimate of drug-likeness (QED) is 0.672. The van der Waals surface area contributed by atoms with E-state index in [9.17, 15) is 0 Å². The van der Waals surface area contributed by atoms with Gasteiger partial charge in [0.1, 0.15) is 17.7 Å². The average molecular weight is 250 g/mol. The average Bonchev–Trinajstić information content (AvgIpc) is 2.40. The number of hydrogen-bond donors (Lipinski definition) is 2. The summed E-state index contributed by atoms with van der Waals surface area (Å²) in [6, 6.07) is 5.61. The van der Waals surface area contributed by atoms with E-state index in [-0.39, 0.29) is 0 Å². The first kappa shape index (κ1) is 14.2. The third kappa shape index (κ3) is 4.57. The molecular weight excluding hydrogens is 232 g/mol. The topological polar surface area (TPSA) is 79.2 Å². The van der Waals surface area contributed by atoms with Crippen molar-refractivity contribution >= 4 is 11.6 Å². The fourth-order valence-corrected chi connectivity index (χ4v) is 1.34. The summed E-state index contributed by atoms with van der Waals surface area (Å²) < 4.78 is 9.88. The second-order valence-electron chi connectivity index (χ2n) is 3.54. The van der Waals surface area contributed by atoms with Gasteiger partial charge in [0.05, 0.1) is 18.8 Å². The molecule has 0 radical (unpaired) electrons. The van der Waals surface area contributed by atoms with Crippen LogP contribution in [0.25, 0.3) is 0 Å². The molecule has 0 unspecified atom stereocenters. The highest BCUT2D eigenvalue weighted by atomic mass is 16.5. The van der Waals surface area contributed by atoms with E-state index in [0.717, 1.165) is 0 Å². The highest BCUT2D eigenvalue weighted by Gasteiger charge is 2.04. The maximum Gasteiger partial charge on any atom is 0.146 e. The molecule has 6 nitrogen and oxygen atoms in total. The second kappa shape index (κ2) is 8.28. The van der Waals surface area contributed by atoms with E-state index in [1.807, 2.05) is 0 Å². The number of pyridine rings is 1. The number of nitrogens with one attached hydrogen (secondary N) is 2. The van der Waals surface area contributed by atoms with Crippen molar-refractivity contribution < 1.29 is 9.47 Å². The van der Waals surface area contributed by atoms with Crippen LogP contribution in [0.1, 0.15) is 5.56 Å². The molecule has 2 N–H and O–H groups in total. The molecule has 6 heteroatoms. The fraction of sp³-hybridized carbons (Fsp3) is 0.500. The van der Waals surface area contributed by atoms with Gasteiger partial charge in [0.2, 0.25) is 0 Å². The summed E-state index contributed by atoms with van der Waals surface area (Å²) in [7, 11) is 3.27. The van der Waals surface area contributed by atoms with Gasteiger partial charge in [-0.2, -0.15) is 5.26 Å². The Morgan fingerprint density at radius 1 is 1.17 bits per heavy atom. The summed E-state index contributed by atoms with van der Waals surface area (Å²) in [5.74, 6) is 1.28. The molecule has 0 spiro atoms. The van der Waals surface area contributed by atoms with Gasteiger partial charge in [0, 0.05) is 27.3 Å². The minimum absolute atomic E-state index is 0.517. The highest BCUT2D eigenvalue weighted by molar-refractivity contribution is 5.56. The molecule has 0 fully saturated rings. The third-order valence-corrected chi connectivity index (χ3v) is 2.23. The van der Waals surface area contributed by atoms with Crippen molar-refractivity contribution in [2.45, 2.75) is 0 Å². The van der Waals surface area contributed by atoms with Gasteiger partial charge in [-0.15, -0.1) is 0 Å². The molecule has 0 amide bonds. The Hall–Kier alpha value is -1.84. The normalized spacial score (nSPS) is 9.83. The number of nitriles is 1. The van der Waals surface area contributed by atoms with E-state index in [4.69, 9.17) is 14.7 Å². The summed E-state index contributed by atoms with van der Waals surface area (Å²) in [4.78, 5) is 4.33. The van der Waals surface area contributed by atoms with Crippen LogP contribution in [0.4, 0.5) is 11.6 Å². The van der Waals surface area contributed by atoms with Crippen LogP contribution in [0.3, 0.4) is 0 Å². The standard InChI is InChI=1S/C12H18N4O2/c1-17-7-5-14-11-4-3-10(9-13)12(16-11)15-6-8-18-2/h3-4H,5-8H2,1-2H3,(H2,14,15,16). The van der Waals surface area contributed by atoms with Gasteiger partial charge in [-0.25, -0.2) is 4.98 Å². The lowest BCUT2D eigenvalue weighted by atomic mass is 10.2. The zero-order valence-electron chi connectivity index (χ0n) is 10.7. The minimum Gasteiger partial charge on any atom is -0.383 e.